The Labute approximate surface area is 176 Å². The van der Waals surface area contributed by atoms with Gasteiger partial charge in [0.15, 0.2) is 0 Å². The molecule has 0 saturated carbocycles. The summed E-state index contributed by atoms with van der Waals surface area (Å²) >= 11 is 0. The largest absolute Gasteiger partial charge is 0.494 e. The second-order valence-corrected chi connectivity index (χ2v) is 6.87. The van der Waals surface area contributed by atoms with Gasteiger partial charge in [-0.05, 0) is 24.1 Å². The molecule has 0 saturated heterocycles. The van der Waals surface area contributed by atoms with E-state index in [-0.39, 0.29) is 6.61 Å². The van der Waals surface area contributed by atoms with Crippen molar-refractivity contribution >= 4 is 0 Å². The third-order valence-electron chi connectivity index (χ3n) is 4.31. The molecule has 0 aliphatic carbocycles. The number of unbranched alkanes of at least 4 members (excludes halogenated alkanes) is 5. The van der Waals surface area contributed by atoms with Crippen LogP contribution in [0.3, 0.4) is 0 Å². The molecule has 0 radical (unpaired) electrons. The normalized spacial score (nSPS) is 11.1. The SMILES string of the molecule is CCCCCCCCOc1ccc(COCCOCCOCCOCCO)cc1. The van der Waals surface area contributed by atoms with E-state index in [1.807, 2.05) is 24.3 Å². The van der Waals surface area contributed by atoms with Gasteiger partial charge in [0.05, 0.1) is 66.1 Å². The van der Waals surface area contributed by atoms with Crippen molar-refractivity contribution in [1.29, 1.82) is 0 Å². The maximum atomic E-state index is 8.56. The van der Waals surface area contributed by atoms with Crippen LogP contribution >= 0.6 is 0 Å². The average molecular weight is 413 g/mol. The molecule has 0 heterocycles. The fourth-order valence-electron chi connectivity index (χ4n) is 2.67. The Morgan fingerprint density at radius 2 is 1.17 bits per heavy atom. The Hall–Kier alpha value is -1.18. The van der Waals surface area contributed by atoms with Gasteiger partial charge in [0.2, 0.25) is 0 Å². The molecule has 0 aromatic heterocycles. The summed E-state index contributed by atoms with van der Waals surface area (Å²) in [6.07, 6.45) is 7.65. The number of benzene rings is 1. The molecule has 6 heteroatoms. The molecule has 29 heavy (non-hydrogen) atoms. The van der Waals surface area contributed by atoms with Gasteiger partial charge in [-0.1, -0.05) is 51.2 Å². The molecule has 0 aliphatic heterocycles. The molecule has 0 aliphatic rings. The summed E-state index contributed by atoms with van der Waals surface area (Å²) in [5.41, 5.74) is 1.13. The van der Waals surface area contributed by atoms with Crippen LogP contribution in [0.5, 0.6) is 5.75 Å². The van der Waals surface area contributed by atoms with E-state index in [1.165, 1.54) is 32.1 Å². The van der Waals surface area contributed by atoms with Gasteiger partial charge >= 0.3 is 0 Å². The summed E-state index contributed by atoms with van der Waals surface area (Å²) in [5.74, 6) is 0.924. The lowest BCUT2D eigenvalue weighted by molar-refractivity contribution is -0.00743. The maximum absolute atomic E-state index is 8.56. The average Bonchev–Trinajstić information content (AvgIpc) is 2.75. The number of rotatable bonds is 21. The second kappa shape index (κ2) is 20.1. The highest BCUT2D eigenvalue weighted by molar-refractivity contribution is 5.26. The lowest BCUT2D eigenvalue weighted by atomic mass is 10.1. The molecule has 0 atom stereocenters. The maximum Gasteiger partial charge on any atom is 0.119 e. The Morgan fingerprint density at radius 1 is 0.621 bits per heavy atom. The molecule has 0 amide bonds. The zero-order valence-electron chi connectivity index (χ0n) is 18.1. The zero-order valence-corrected chi connectivity index (χ0v) is 18.1. The lowest BCUT2D eigenvalue weighted by Gasteiger charge is -2.09. The Morgan fingerprint density at radius 3 is 1.79 bits per heavy atom. The topological polar surface area (TPSA) is 66.4 Å². The van der Waals surface area contributed by atoms with Gasteiger partial charge in [-0.15, -0.1) is 0 Å². The molecule has 0 bridgehead atoms. The second-order valence-electron chi connectivity index (χ2n) is 6.87. The van der Waals surface area contributed by atoms with E-state index in [2.05, 4.69) is 6.92 Å². The van der Waals surface area contributed by atoms with Crippen molar-refractivity contribution in [3.05, 3.63) is 29.8 Å². The highest BCUT2D eigenvalue weighted by Gasteiger charge is 1.98. The van der Waals surface area contributed by atoms with Crippen molar-refractivity contribution in [2.45, 2.75) is 52.1 Å². The first kappa shape index (κ1) is 25.9. The Bertz CT molecular complexity index is 451. The van der Waals surface area contributed by atoms with E-state index in [1.54, 1.807) is 0 Å². The van der Waals surface area contributed by atoms with Crippen molar-refractivity contribution in [2.75, 3.05) is 59.5 Å². The molecule has 0 fully saturated rings. The summed E-state index contributed by atoms with van der Waals surface area (Å²) < 4.78 is 27.3. The molecule has 168 valence electrons. The predicted octanol–water partition coefficient (Wildman–Crippen LogP) is 3.98. The minimum absolute atomic E-state index is 0.0420. The van der Waals surface area contributed by atoms with Crippen LogP contribution in [0.2, 0.25) is 0 Å². The number of ether oxygens (including phenoxy) is 5. The van der Waals surface area contributed by atoms with Crippen molar-refractivity contribution < 1.29 is 28.8 Å². The summed E-state index contributed by atoms with van der Waals surface area (Å²) in [6.45, 7) is 7.16. The zero-order chi connectivity index (χ0) is 20.8. The quantitative estimate of drug-likeness (QED) is 0.308. The van der Waals surface area contributed by atoms with E-state index in [0.29, 0.717) is 52.9 Å². The molecule has 1 aromatic carbocycles. The van der Waals surface area contributed by atoms with Crippen molar-refractivity contribution in [3.63, 3.8) is 0 Å². The van der Waals surface area contributed by atoms with E-state index >= 15 is 0 Å². The van der Waals surface area contributed by atoms with Gasteiger partial charge in [-0.2, -0.15) is 0 Å². The van der Waals surface area contributed by atoms with Crippen molar-refractivity contribution in [1.82, 2.24) is 0 Å². The van der Waals surface area contributed by atoms with E-state index < -0.39 is 0 Å². The minimum atomic E-state index is 0.0420. The molecule has 6 nitrogen and oxygen atoms in total. The summed E-state index contributed by atoms with van der Waals surface area (Å²) in [5, 5.41) is 8.56. The van der Waals surface area contributed by atoms with Crippen LogP contribution in [0.1, 0.15) is 51.0 Å². The molecular formula is C23H40O6. The van der Waals surface area contributed by atoms with Crippen LogP contribution in [0.25, 0.3) is 0 Å². The van der Waals surface area contributed by atoms with Crippen molar-refractivity contribution in [3.8, 4) is 5.75 Å². The summed E-state index contributed by atoms with van der Waals surface area (Å²) in [6, 6.07) is 8.11. The molecule has 1 aromatic rings. The summed E-state index contributed by atoms with van der Waals surface area (Å²) in [4.78, 5) is 0. The third-order valence-corrected chi connectivity index (χ3v) is 4.31. The third kappa shape index (κ3) is 16.3. The molecule has 0 unspecified atom stereocenters. The fourth-order valence-corrected chi connectivity index (χ4v) is 2.67. The highest BCUT2D eigenvalue weighted by Crippen LogP contribution is 2.14. The van der Waals surface area contributed by atoms with E-state index in [0.717, 1.165) is 24.3 Å². The molecule has 1 N–H and O–H groups in total. The summed E-state index contributed by atoms with van der Waals surface area (Å²) in [7, 11) is 0. The lowest BCUT2D eigenvalue weighted by Crippen LogP contribution is -2.12. The Balaban J connectivity index is 1.91. The Kier molecular flexibility index (Phi) is 17.9. The van der Waals surface area contributed by atoms with Gasteiger partial charge < -0.3 is 28.8 Å². The van der Waals surface area contributed by atoms with Gasteiger partial charge in [0.1, 0.15) is 5.75 Å². The van der Waals surface area contributed by atoms with Crippen LogP contribution in [0.15, 0.2) is 24.3 Å². The monoisotopic (exact) mass is 412 g/mol. The number of hydrogen-bond acceptors (Lipinski definition) is 6. The fraction of sp³-hybridized carbons (Fsp3) is 0.739. The smallest absolute Gasteiger partial charge is 0.119 e. The predicted molar refractivity (Wildman–Crippen MR) is 115 cm³/mol. The van der Waals surface area contributed by atoms with E-state index in [9.17, 15) is 0 Å². The van der Waals surface area contributed by atoms with Crippen LogP contribution in [-0.2, 0) is 25.6 Å². The van der Waals surface area contributed by atoms with Crippen molar-refractivity contribution in [2.24, 2.45) is 0 Å². The first-order valence-electron chi connectivity index (χ1n) is 11.0. The van der Waals surface area contributed by atoms with Gasteiger partial charge in [-0.3, -0.25) is 0 Å². The van der Waals surface area contributed by atoms with Crippen LogP contribution in [0, 0.1) is 0 Å². The standard InChI is InChI=1S/C23H40O6/c1-2-3-4-5-6-7-13-29-23-10-8-22(9-11-23)21-28-20-19-27-18-17-26-16-15-25-14-12-24/h8-11,24H,2-7,12-21H2,1H3. The molecular weight excluding hydrogens is 372 g/mol. The van der Waals surface area contributed by atoms with Crippen LogP contribution in [0.4, 0.5) is 0 Å². The van der Waals surface area contributed by atoms with Gasteiger partial charge in [0.25, 0.3) is 0 Å². The number of hydrogen-bond donors (Lipinski definition) is 1. The first-order chi connectivity index (χ1) is 14.4. The van der Waals surface area contributed by atoms with Gasteiger partial charge in [-0.25, -0.2) is 0 Å². The van der Waals surface area contributed by atoms with Crippen LogP contribution in [-0.4, -0.2) is 64.6 Å². The number of aliphatic hydroxyl groups excluding tert-OH is 1. The first-order valence-corrected chi connectivity index (χ1v) is 11.0. The molecule has 0 spiro atoms. The highest BCUT2D eigenvalue weighted by atomic mass is 16.6. The molecule has 1 rings (SSSR count). The van der Waals surface area contributed by atoms with Gasteiger partial charge in [0, 0.05) is 0 Å². The van der Waals surface area contributed by atoms with E-state index in [4.69, 9.17) is 28.8 Å². The van der Waals surface area contributed by atoms with Crippen LogP contribution < -0.4 is 4.74 Å². The number of aliphatic hydroxyl groups is 1. The minimum Gasteiger partial charge on any atom is -0.494 e.